The summed E-state index contributed by atoms with van der Waals surface area (Å²) in [5.41, 5.74) is 1.94. The molecule has 2 aromatic heterocycles. The molecule has 5 nitrogen and oxygen atoms in total. The van der Waals surface area contributed by atoms with Gasteiger partial charge in [-0.25, -0.2) is 4.98 Å². The number of rotatable bonds is 5. The van der Waals surface area contributed by atoms with Crippen molar-refractivity contribution in [3.63, 3.8) is 0 Å². The van der Waals surface area contributed by atoms with Crippen LogP contribution in [0.25, 0.3) is 11.0 Å². The van der Waals surface area contributed by atoms with Gasteiger partial charge in [0.1, 0.15) is 11.2 Å². The Labute approximate surface area is 179 Å². The highest BCUT2D eigenvalue weighted by Gasteiger charge is 2.22. The number of amides is 1. The van der Waals surface area contributed by atoms with Crippen LogP contribution in [0.5, 0.6) is 0 Å². The SMILES string of the molecule is CCN(C(=O)c1cc2cccnc2n(Cc2ccc(Cl)cc2)c1=O)c1ccccc1. The topological polar surface area (TPSA) is 55.2 Å². The zero-order valence-corrected chi connectivity index (χ0v) is 17.2. The number of benzene rings is 2. The summed E-state index contributed by atoms with van der Waals surface area (Å²) in [6.45, 7) is 2.63. The Morgan fingerprint density at radius 3 is 2.47 bits per heavy atom. The summed E-state index contributed by atoms with van der Waals surface area (Å²) < 4.78 is 1.55. The molecule has 0 unspecified atom stereocenters. The molecule has 0 aliphatic heterocycles. The lowest BCUT2D eigenvalue weighted by molar-refractivity contribution is 0.0986. The van der Waals surface area contributed by atoms with Gasteiger partial charge in [0, 0.05) is 28.8 Å². The number of nitrogens with zero attached hydrogens (tertiary/aromatic N) is 3. The summed E-state index contributed by atoms with van der Waals surface area (Å²) in [5, 5.41) is 1.36. The van der Waals surface area contributed by atoms with Crippen LogP contribution in [0, 0.1) is 0 Å². The number of carbonyl (C=O) groups excluding carboxylic acids is 1. The number of hydrogen-bond donors (Lipinski definition) is 0. The first-order chi connectivity index (χ1) is 14.6. The van der Waals surface area contributed by atoms with E-state index in [0.717, 1.165) is 16.6 Å². The largest absolute Gasteiger partial charge is 0.308 e. The molecule has 0 saturated carbocycles. The normalized spacial score (nSPS) is 10.9. The van der Waals surface area contributed by atoms with Gasteiger partial charge >= 0.3 is 0 Å². The van der Waals surface area contributed by atoms with Crippen LogP contribution in [0.15, 0.2) is 83.8 Å². The summed E-state index contributed by atoms with van der Waals surface area (Å²) in [5.74, 6) is -0.329. The third-order valence-electron chi connectivity index (χ3n) is 4.96. The molecule has 0 atom stereocenters. The summed E-state index contributed by atoms with van der Waals surface area (Å²) in [7, 11) is 0. The van der Waals surface area contributed by atoms with Crippen LogP contribution in [0.4, 0.5) is 5.69 Å². The lowest BCUT2D eigenvalue weighted by atomic mass is 10.1. The van der Waals surface area contributed by atoms with Crippen molar-refractivity contribution in [3.8, 4) is 0 Å². The summed E-state index contributed by atoms with van der Waals surface area (Å²) in [6.07, 6.45) is 1.64. The molecule has 0 spiro atoms. The van der Waals surface area contributed by atoms with Crippen LogP contribution < -0.4 is 10.5 Å². The van der Waals surface area contributed by atoms with Gasteiger partial charge in [0.15, 0.2) is 0 Å². The van der Waals surface area contributed by atoms with E-state index in [2.05, 4.69) is 4.98 Å². The zero-order valence-electron chi connectivity index (χ0n) is 16.5. The van der Waals surface area contributed by atoms with E-state index in [1.54, 1.807) is 39.9 Å². The molecule has 0 aliphatic carbocycles. The second kappa shape index (κ2) is 8.51. The third-order valence-corrected chi connectivity index (χ3v) is 5.21. The molecule has 1 amide bonds. The maximum atomic E-state index is 13.4. The van der Waals surface area contributed by atoms with Gasteiger partial charge in [0.2, 0.25) is 0 Å². The Morgan fingerprint density at radius 1 is 1.03 bits per heavy atom. The average Bonchev–Trinajstić information content (AvgIpc) is 2.78. The number of anilines is 1. The molecule has 0 aliphatic rings. The van der Waals surface area contributed by atoms with E-state index < -0.39 is 0 Å². The Hall–Kier alpha value is -3.44. The second-order valence-corrected chi connectivity index (χ2v) is 7.31. The molecule has 2 aromatic carbocycles. The lowest BCUT2D eigenvalue weighted by Crippen LogP contribution is -2.37. The fourth-order valence-electron chi connectivity index (χ4n) is 3.48. The van der Waals surface area contributed by atoms with Crippen LogP contribution in [0.2, 0.25) is 5.02 Å². The van der Waals surface area contributed by atoms with Gasteiger partial charge in [-0.2, -0.15) is 0 Å². The highest BCUT2D eigenvalue weighted by atomic mass is 35.5. The van der Waals surface area contributed by atoms with E-state index in [9.17, 15) is 9.59 Å². The summed E-state index contributed by atoms with van der Waals surface area (Å²) in [4.78, 5) is 32.8. The standard InChI is InChI=1S/C24H20ClN3O2/c1-2-27(20-8-4-3-5-9-20)23(29)21-15-18-7-6-14-26-22(18)28(24(21)30)16-17-10-12-19(25)13-11-17/h3-15H,2,16H2,1H3. The first kappa shape index (κ1) is 19.9. The van der Waals surface area contributed by atoms with Crippen molar-refractivity contribution in [2.45, 2.75) is 13.5 Å². The molecule has 4 aromatic rings. The first-order valence-corrected chi connectivity index (χ1v) is 10.1. The fourth-order valence-corrected chi connectivity index (χ4v) is 3.60. The van der Waals surface area contributed by atoms with E-state index in [0.29, 0.717) is 23.8 Å². The molecule has 0 N–H and O–H groups in total. The van der Waals surface area contributed by atoms with E-state index in [4.69, 9.17) is 11.6 Å². The predicted octanol–water partition coefficient (Wildman–Crippen LogP) is 4.76. The lowest BCUT2D eigenvalue weighted by Gasteiger charge is -2.21. The van der Waals surface area contributed by atoms with Gasteiger partial charge in [-0.15, -0.1) is 0 Å². The van der Waals surface area contributed by atoms with Gasteiger partial charge in [-0.05, 0) is 55.0 Å². The van der Waals surface area contributed by atoms with E-state index in [1.165, 1.54) is 0 Å². The molecular formula is C24H20ClN3O2. The van der Waals surface area contributed by atoms with Crippen molar-refractivity contribution in [1.29, 1.82) is 0 Å². The van der Waals surface area contributed by atoms with E-state index in [1.807, 2.05) is 55.5 Å². The number of pyridine rings is 2. The first-order valence-electron chi connectivity index (χ1n) is 9.68. The van der Waals surface area contributed by atoms with Crippen molar-refractivity contribution in [1.82, 2.24) is 9.55 Å². The van der Waals surface area contributed by atoms with E-state index >= 15 is 0 Å². The Balaban J connectivity index is 1.84. The van der Waals surface area contributed by atoms with Crippen molar-refractivity contribution < 1.29 is 4.79 Å². The molecule has 0 saturated heterocycles. The number of carbonyl (C=O) groups is 1. The maximum Gasteiger partial charge on any atom is 0.265 e. The minimum atomic E-state index is -0.365. The van der Waals surface area contributed by atoms with Crippen LogP contribution in [0.3, 0.4) is 0 Å². The summed E-state index contributed by atoms with van der Waals surface area (Å²) >= 11 is 5.99. The second-order valence-electron chi connectivity index (χ2n) is 6.88. The molecule has 0 radical (unpaired) electrons. The van der Waals surface area contributed by atoms with Gasteiger partial charge < -0.3 is 4.90 Å². The van der Waals surface area contributed by atoms with Gasteiger partial charge in [0.05, 0.1) is 6.54 Å². The zero-order chi connectivity index (χ0) is 21.1. The van der Waals surface area contributed by atoms with Crippen LogP contribution in [-0.4, -0.2) is 22.0 Å². The van der Waals surface area contributed by atoms with Gasteiger partial charge in [-0.3, -0.25) is 14.2 Å². The van der Waals surface area contributed by atoms with Crippen molar-refractivity contribution >= 4 is 34.2 Å². The Kier molecular flexibility index (Phi) is 5.63. The number of halogens is 1. The van der Waals surface area contributed by atoms with Gasteiger partial charge in [-0.1, -0.05) is 41.9 Å². The van der Waals surface area contributed by atoms with Gasteiger partial charge in [0.25, 0.3) is 11.5 Å². The van der Waals surface area contributed by atoms with Crippen molar-refractivity contribution in [2.75, 3.05) is 11.4 Å². The highest BCUT2D eigenvalue weighted by Crippen LogP contribution is 2.19. The monoisotopic (exact) mass is 417 g/mol. The Bertz CT molecular complexity index is 1250. The van der Waals surface area contributed by atoms with Crippen molar-refractivity contribution in [3.05, 3.63) is 105 Å². The predicted molar refractivity (Wildman–Crippen MR) is 120 cm³/mol. The average molecular weight is 418 g/mol. The number of fused-ring (bicyclic) bond motifs is 1. The number of aromatic nitrogens is 2. The van der Waals surface area contributed by atoms with Crippen LogP contribution in [0.1, 0.15) is 22.8 Å². The minimum Gasteiger partial charge on any atom is -0.308 e. The molecule has 0 fully saturated rings. The molecule has 0 bridgehead atoms. The fraction of sp³-hybridized carbons (Fsp3) is 0.125. The molecule has 30 heavy (non-hydrogen) atoms. The molecule has 6 heteroatoms. The van der Waals surface area contributed by atoms with Crippen LogP contribution >= 0.6 is 11.6 Å². The molecule has 2 heterocycles. The van der Waals surface area contributed by atoms with E-state index in [-0.39, 0.29) is 17.0 Å². The molecule has 150 valence electrons. The van der Waals surface area contributed by atoms with Crippen LogP contribution in [-0.2, 0) is 6.54 Å². The third kappa shape index (κ3) is 3.84. The number of hydrogen-bond acceptors (Lipinski definition) is 3. The summed E-state index contributed by atoms with van der Waals surface area (Å²) in [6, 6.07) is 21.9. The Morgan fingerprint density at radius 2 is 1.77 bits per heavy atom. The van der Waals surface area contributed by atoms with Crippen molar-refractivity contribution in [2.24, 2.45) is 0 Å². The molecular weight excluding hydrogens is 398 g/mol. The maximum absolute atomic E-state index is 13.4. The highest BCUT2D eigenvalue weighted by molar-refractivity contribution is 6.30. The minimum absolute atomic E-state index is 0.121. The molecule has 4 rings (SSSR count). The quantitative estimate of drug-likeness (QED) is 0.470. The number of para-hydroxylation sites is 1. The smallest absolute Gasteiger partial charge is 0.265 e.